The molecular formula is C16H23NO3. The summed E-state index contributed by atoms with van der Waals surface area (Å²) in [6.45, 7) is 3.95. The Bertz CT molecular complexity index is 475. The van der Waals surface area contributed by atoms with Crippen molar-refractivity contribution in [3.05, 3.63) is 29.8 Å². The number of aliphatic hydroxyl groups is 1. The summed E-state index contributed by atoms with van der Waals surface area (Å²) >= 11 is 0. The average Bonchev–Trinajstić information content (AvgIpc) is 3.26. The summed E-state index contributed by atoms with van der Waals surface area (Å²) < 4.78 is 5.21. The van der Waals surface area contributed by atoms with E-state index in [1.165, 1.54) is 0 Å². The maximum absolute atomic E-state index is 12.2. The number of carbonyl (C=O) groups is 1. The second-order valence-electron chi connectivity index (χ2n) is 5.68. The maximum Gasteiger partial charge on any atom is 0.223 e. The lowest BCUT2D eigenvalue weighted by Gasteiger charge is -2.19. The molecule has 4 unspecified atom stereocenters. The highest BCUT2D eigenvalue weighted by atomic mass is 16.5. The van der Waals surface area contributed by atoms with Crippen molar-refractivity contribution in [2.75, 3.05) is 13.7 Å². The third-order valence-electron chi connectivity index (χ3n) is 4.16. The molecule has 4 nitrogen and oxygen atoms in total. The predicted molar refractivity (Wildman–Crippen MR) is 77.7 cm³/mol. The van der Waals surface area contributed by atoms with E-state index >= 15 is 0 Å². The molecule has 1 aromatic rings. The standard InChI is InChI=1S/C16H23NO3/c1-10(9-18)11(2)17-16(19)15-8-14(15)12-5-4-6-13(7-12)20-3/h4-7,10-11,14-15,18H,8-9H2,1-3H3,(H,17,19). The molecule has 2 rings (SSSR count). The number of hydrogen-bond donors (Lipinski definition) is 2. The van der Waals surface area contributed by atoms with Crippen LogP contribution in [0.4, 0.5) is 0 Å². The third kappa shape index (κ3) is 3.31. The van der Waals surface area contributed by atoms with E-state index in [2.05, 4.69) is 5.32 Å². The lowest BCUT2D eigenvalue weighted by Crippen LogP contribution is -2.39. The highest BCUT2D eigenvalue weighted by Crippen LogP contribution is 2.48. The van der Waals surface area contributed by atoms with Crippen LogP contribution in [0, 0.1) is 11.8 Å². The molecule has 2 N–H and O–H groups in total. The van der Waals surface area contributed by atoms with Gasteiger partial charge in [-0.05, 0) is 42.9 Å². The van der Waals surface area contributed by atoms with Crippen LogP contribution in [0.3, 0.4) is 0 Å². The first-order chi connectivity index (χ1) is 9.56. The van der Waals surface area contributed by atoms with Crippen LogP contribution in [-0.2, 0) is 4.79 Å². The fraction of sp³-hybridized carbons (Fsp3) is 0.562. The van der Waals surface area contributed by atoms with E-state index < -0.39 is 0 Å². The van der Waals surface area contributed by atoms with Crippen LogP contribution in [-0.4, -0.2) is 30.8 Å². The first-order valence-corrected chi connectivity index (χ1v) is 7.12. The minimum atomic E-state index is -0.000871. The van der Waals surface area contributed by atoms with Gasteiger partial charge in [0.1, 0.15) is 5.75 Å². The lowest BCUT2D eigenvalue weighted by molar-refractivity contribution is -0.123. The van der Waals surface area contributed by atoms with Crippen molar-refractivity contribution in [1.82, 2.24) is 5.32 Å². The quantitative estimate of drug-likeness (QED) is 0.835. The van der Waals surface area contributed by atoms with Gasteiger partial charge >= 0.3 is 0 Å². The summed E-state index contributed by atoms with van der Waals surface area (Å²) in [6.07, 6.45) is 0.888. The molecule has 1 aliphatic rings. The summed E-state index contributed by atoms with van der Waals surface area (Å²) in [6, 6.07) is 7.90. The van der Waals surface area contributed by atoms with Crippen LogP contribution >= 0.6 is 0 Å². The number of aliphatic hydroxyl groups excluding tert-OH is 1. The van der Waals surface area contributed by atoms with Crippen molar-refractivity contribution >= 4 is 5.91 Å². The van der Waals surface area contributed by atoms with Gasteiger partial charge in [-0.15, -0.1) is 0 Å². The van der Waals surface area contributed by atoms with Crippen molar-refractivity contribution in [3.63, 3.8) is 0 Å². The van der Waals surface area contributed by atoms with Gasteiger partial charge in [0.05, 0.1) is 7.11 Å². The number of nitrogens with one attached hydrogen (secondary N) is 1. The van der Waals surface area contributed by atoms with E-state index in [-0.39, 0.29) is 30.4 Å². The molecule has 0 bridgehead atoms. The Morgan fingerprint density at radius 3 is 2.90 bits per heavy atom. The molecule has 4 heteroatoms. The van der Waals surface area contributed by atoms with Crippen molar-refractivity contribution in [3.8, 4) is 5.75 Å². The average molecular weight is 277 g/mol. The zero-order chi connectivity index (χ0) is 14.7. The number of hydrogen-bond acceptors (Lipinski definition) is 3. The Morgan fingerprint density at radius 2 is 2.25 bits per heavy atom. The summed E-state index contributed by atoms with van der Waals surface area (Å²) in [5, 5.41) is 12.1. The molecule has 110 valence electrons. The Hall–Kier alpha value is -1.55. The normalized spacial score (nSPS) is 23.8. The first kappa shape index (κ1) is 14.9. The fourth-order valence-corrected chi connectivity index (χ4v) is 2.36. The third-order valence-corrected chi connectivity index (χ3v) is 4.16. The van der Waals surface area contributed by atoms with Gasteiger partial charge in [-0.25, -0.2) is 0 Å². The van der Waals surface area contributed by atoms with Crippen molar-refractivity contribution in [2.45, 2.75) is 32.2 Å². The molecule has 20 heavy (non-hydrogen) atoms. The van der Waals surface area contributed by atoms with E-state index in [1.54, 1.807) is 7.11 Å². The Balaban J connectivity index is 1.92. The second-order valence-corrected chi connectivity index (χ2v) is 5.68. The zero-order valence-electron chi connectivity index (χ0n) is 12.3. The van der Waals surface area contributed by atoms with Crippen LogP contribution in [0.15, 0.2) is 24.3 Å². The summed E-state index contributed by atoms with van der Waals surface area (Å²) in [5.41, 5.74) is 1.16. The molecule has 1 amide bonds. The smallest absolute Gasteiger partial charge is 0.223 e. The minimum Gasteiger partial charge on any atom is -0.497 e. The van der Waals surface area contributed by atoms with Gasteiger partial charge in [-0.3, -0.25) is 4.79 Å². The topological polar surface area (TPSA) is 58.6 Å². The molecule has 1 saturated carbocycles. The van der Waals surface area contributed by atoms with Gasteiger partial charge in [-0.1, -0.05) is 19.1 Å². The summed E-state index contributed by atoms with van der Waals surface area (Å²) in [7, 11) is 1.65. The number of benzene rings is 1. The first-order valence-electron chi connectivity index (χ1n) is 7.12. The molecular weight excluding hydrogens is 254 g/mol. The van der Waals surface area contributed by atoms with Crippen LogP contribution in [0.1, 0.15) is 31.7 Å². The Labute approximate surface area is 120 Å². The number of ether oxygens (including phenoxy) is 1. The van der Waals surface area contributed by atoms with E-state index in [0.717, 1.165) is 17.7 Å². The van der Waals surface area contributed by atoms with Gasteiger partial charge in [0.2, 0.25) is 5.91 Å². The van der Waals surface area contributed by atoms with Crippen molar-refractivity contribution in [1.29, 1.82) is 0 Å². The van der Waals surface area contributed by atoms with Crippen molar-refractivity contribution < 1.29 is 14.6 Å². The summed E-state index contributed by atoms with van der Waals surface area (Å²) in [4.78, 5) is 12.2. The van der Waals surface area contributed by atoms with E-state index in [0.29, 0.717) is 5.92 Å². The van der Waals surface area contributed by atoms with Gasteiger partial charge in [-0.2, -0.15) is 0 Å². The molecule has 0 saturated heterocycles. The zero-order valence-corrected chi connectivity index (χ0v) is 12.3. The highest BCUT2D eigenvalue weighted by Gasteiger charge is 2.44. The Morgan fingerprint density at radius 1 is 1.50 bits per heavy atom. The van der Waals surface area contributed by atoms with Crippen LogP contribution < -0.4 is 10.1 Å². The monoisotopic (exact) mass is 277 g/mol. The van der Waals surface area contributed by atoms with E-state index in [1.807, 2.05) is 38.1 Å². The Kier molecular flexibility index (Phi) is 4.65. The second kappa shape index (κ2) is 6.27. The SMILES string of the molecule is COc1cccc(C2CC2C(=O)NC(C)C(C)CO)c1. The maximum atomic E-state index is 12.2. The van der Waals surface area contributed by atoms with Gasteiger partial charge in [0.25, 0.3) is 0 Å². The number of carbonyl (C=O) groups excluding carboxylic acids is 1. The molecule has 0 aliphatic heterocycles. The van der Waals surface area contributed by atoms with E-state index in [9.17, 15) is 4.79 Å². The van der Waals surface area contributed by atoms with Crippen LogP contribution in [0.2, 0.25) is 0 Å². The number of amides is 1. The lowest BCUT2D eigenvalue weighted by atomic mass is 10.0. The largest absolute Gasteiger partial charge is 0.497 e. The molecule has 1 aromatic carbocycles. The van der Waals surface area contributed by atoms with Gasteiger partial charge < -0.3 is 15.2 Å². The molecule has 0 radical (unpaired) electrons. The van der Waals surface area contributed by atoms with Crippen LogP contribution in [0.25, 0.3) is 0 Å². The van der Waals surface area contributed by atoms with Gasteiger partial charge in [0.15, 0.2) is 0 Å². The molecule has 1 aliphatic carbocycles. The molecule has 0 aromatic heterocycles. The van der Waals surface area contributed by atoms with Crippen LogP contribution in [0.5, 0.6) is 5.75 Å². The molecule has 0 spiro atoms. The van der Waals surface area contributed by atoms with Crippen molar-refractivity contribution in [2.24, 2.45) is 11.8 Å². The molecule has 1 fully saturated rings. The molecule has 0 heterocycles. The molecule has 4 atom stereocenters. The fourth-order valence-electron chi connectivity index (χ4n) is 2.36. The minimum absolute atomic E-state index is 0.000871. The van der Waals surface area contributed by atoms with E-state index in [4.69, 9.17) is 9.84 Å². The summed E-state index contributed by atoms with van der Waals surface area (Å²) in [5.74, 6) is 1.34. The predicted octanol–water partition coefficient (Wildman–Crippen LogP) is 1.93. The van der Waals surface area contributed by atoms with Gasteiger partial charge in [0, 0.05) is 18.6 Å². The highest BCUT2D eigenvalue weighted by molar-refractivity contribution is 5.83. The number of methoxy groups -OCH3 is 1. The number of rotatable bonds is 6.